The van der Waals surface area contributed by atoms with Crippen molar-refractivity contribution in [3.63, 3.8) is 0 Å². The summed E-state index contributed by atoms with van der Waals surface area (Å²) in [6.45, 7) is 4.35. The summed E-state index contributed by atoms with van der Waals surface area (Å²) < 4.78 is 13.0. The SMILES string of the molecule is CC(=O)NC(C)(C)C(=O)N[C@H](COCc1ccccc1)c1nnc2cccc(COC(=O)N(C)CC(N)=O)n12. The summed E-state index contributed by atoms with van der Waals surface area (Å²) >= 11 is 0. The van der Waals surface area contributed by atoms with Crippen LogP contribution in [-0.4, -0.2) is 69.1 Å². The number of primary amides is 1. The maximum atomic E-state index is 13.2. The highest BCUT2D eigenvalue weighted by atomic mass is 16.6. The molecular weight excluding hydrogens is 506 g/mol. The number of benzene rings is 1. The lowest BCUT2D eigenvalue weighted by atomic mass is 10.0. The summed E-state index contributed by atoms with van der Waals surface area (Å²) in [7, 11) is 1.39. The van der Waals surface area contributed by atoms with Gasteiger partial charge in [-0.15, -0.1) is 10.2 Å². The largest absolute Gasteiger partial charge is 0.443 e. The van der Waals surface area contributed by atoms with Gasteiger partial charge < -0.3 is 30.7 Å². The highest BCUT2D eigenvalue weighted by Crippen LogP contribution is 2.19. The average Bonchev–Trinajstić information content (AvgIpc) is 3.31. The van der Waals surface area contributed by atoms with E-state index in [2.05, 4.69) is 20.8 Å². The fraction of sp³-hybridized carbons (Fsp3) is 0.385. The zero-order valence-electron chi connectivity index (χ0n) is 22.3. The Hall–Kier alpha value is -4.52. The number of nitrogens with two attached hydrogens (primary N) is 1. The summed E-state index contributed by atoms with van der Waals surface area (Å²) in [5.74, 6) is -1.15. The number of nitrogens with zero attached hydrogens (tertiary/aromatic N) is 4. The van der Waals surface area contributed by atoms with Crippen LogP contribution in [0, 0.1) is 0 Å². The Bertz CT molecular complexity index is 1320. The first-order valence-electron chi connectivity index (χ1n) is 12.2. The molecule has 13 nitrogen and oxygen atoms in total. The highest BCUT2D eigenvalue weighted by molar-refractivity contribution is 5.90. The van der Waals surface area contributed by atoms with Gasteiger partial charge in [0.05, 0.1) is 18.9 Å². The Morgan fingerprint density at radius 1 is 1.05 bits per heavy atom. The van der Waals surface area contributed by atoms with Crippen LogP contribution in [0.15, 0.2) is 48.5 Å². The molecule has 3 aromatic rings. The zero-order chi connectivity index (χ0) is 28.6. The maximum absolute atomic E-state index is 13.2. The molecule has 0 aliphatic heterocycles. The Labute approximate surface area is 225 Å². The predicted molar refractivity (Wildman–Crippen MR) is 140 cm³/mol. The molecule has 0 aliphatic rings. The van der Waals surface area contributed by atoms with Gasteiger partial charge in [0, 0.05) is 14.0 Å². The Balaban J connectivity index is 1.88. The van der Waals surface area contributed by atoms with E-state index in [1.807, 2.05) is 30.3 Å². The molecule has 2 aromatic heterocycles. The monoisotopic (exact) mass is 539 g/mol. The molecule has 0 spiro atoms. The second kappa shape index (κ2) is 12.8. The van der Waals surface area contributed by atoms with Gasteiger partial charge in [-0.2, -0.15) is 0 Å². The summed E-state index contributed by atoms with van der Waals surface area (Å²) in [5, 5.41) is 14.0. The van der Waals surface area contributed by atoms with Crippen molar-refractivity contribution in [3.8, 4) is 0 Å². The molecule has 0 saturated heterocycles. The van der Waals surface area contributed by atoms with Crippen molar-refractivity contribution in [2.24, 2.45) is 5.73 Å². The molecule has 4 N–H and O–H groups in total. The lowest BCUT2D eigenvalue weighted by molar-refractivity contribution is -0.132. The summed E-state index contributed by atoms with van der Waals surface area (Å²) in [6, 6.07) is 13.9. The van der Waals surface area contributed by atoms with Crippen molar-refractivity contribution >= 4 is 29.5 Å². The zero-order valence-corrected chi connectivity index (χ0v) is 22.3. The topological polar surface area (TPSA) is 170 Å². The third kappa shape index (κ3) is 7.98. The molecular formula is C26H33N7O6. The van der Waals surface area contributed by atoms with E-state index >= 15 is 0 Å². The van der Waals surface area contributed by atoms with Crippen LogP contribution in [-0.2, 0) is 37.1 Å². The third-order valence-corrected chi connectivity index (χ3v) is 5.65. The van der Waals surface area contributed by atoms with Crippen LogP contribution < -0.4 is 16.4 Å². The third-order valence-electron chi connectivity index (χ3n) is 5.65. The van der Waals surface area contributed by atoms with E-state index in [4.69, 9.17) is 15.2 Å². The number of hydrogen-bond donors (Lipinski definition) is 3. The van der Waals surface area contributed by atoms with Gasteiger partial charge in [0.15, 0.2) is 11.5 Å². The number of ether oxygens (including phenoxy) is 2. The lowest BCUT2D eigenvalue weighted by Gasteiger charge is -2.27. The number of pyridine rings is 1. The van der Waals surface area contributed by atoms with Gasteiger partial charge in [0.1, 0.15) is 24.7 Å². The number of amides is 4. The van der Waals surface area contributed by atoms with E-state index in [0.29, 0.717) is 17.2 Å². The van der Waals surface area contributed by atoms with Crippen molar-refractivity contribution in [1.82, 2.24) is 30.1 Å². The molecule has 0 radical (unpaired) electrons. The number of fused-ring (bicyclic) bond motifs is 1. The van der Waals surface area contributed by atoms with Crippen molar-refractivity contribution in [3.05, 3.63) is 65.6 Å². The summed E-state index contributed by atoms with van der Waals surface area (Å²) in [6.07, 6.45) is -0.742. The molecule has 2 heterocycles. The molecule has 39 heavy (non-hydrogen) atoms. The summed E-state index contributed by atoms with van der Waals surface area (Å²) in [5.41, 5.74) is 5.84. The molecule has 13 heteroatoms. The second-order valence-corrected chi connectivity index (χ2v) is 9.48. The van der Waals surface area contributed by atoms with E-state index in [-0.39, 0.29) is 32.3 Å². The smallest absolute Gasteiger partial charge is 0.410 e. The van der Waals surface area contributed by atoms with Crippen LogP contribution in [0.5, 0.6) is 0 Å². The number of rotatable bonds is 12. The van der Waals surface area contributed by atoms with Gasteiger partial charge in [-0.05, 0) is 31.5 Å². The second-order valence-electron chi connectivity index (χ2n) is 9.48. The quantitative estimate of drug-likeness (QED) is 0.307. The first kappa shape index (κ1) is 29.0. The van der Waals surface area contributed by atoms with Crippen molar-refractivity contribution in [2.45, 2.75) is 45.6 Å². The Morgan fingerprint density at radius 3 is 2.44 bits per heavy atom. The number of aromatic nitrogens is 3. The molecule has 0 saturated carbocycles. The highest BCUT2D eigenvalue weighted by Gasteiger charge is 2.32. The van der Waals surface area contributed by atoms with E-state index in [1.165, 1.54) is 14.0 Å². The minimum Gasteiger partial charge on any atom is -0.443 e. The van der Waals surface area contributed by atoms with Crippen LogP contribution in [0.4, 0.5) is 4.79 Å². The number of carbonyl (C=O) groups excluding carboxylic acids is 4. The van der Waals surface area contributed by atoms with E-state index in [1.54, 1.807) is 36.4 Å². The van der Waals surface area contributed by atoms with E-state index < -0.39 is 29.5 Å². The maximum Gasteiger partial charge on any atom is 0.410 e. The number of nitrogens with one attached hydrogen (secondary N) is 2. The molecule has 208 valence electrons. The molecule has 0 unspecified atom stereocenters. The lowest BCUT2D eigenvalue weighted by Crippen LogP contribution is -2.55. The Kier molecular flexibility index (Phi) is 9.55. The van der Waals surface area contributed by atoms with Crippen molar-refractivity contribution in [1.29, 1.82) is 0 Å². The molecule has 0 aliphatic carbocycles. The fourth-order valence-electron chi connectivity index (χ4n) is 3.80. The van der Waals surface area contributed by atoms with Gasteiger partial charge in [-0.3, -0.25) is 18.8 Å². The minimum atomic E-state index is -1.21. The van der Waals surface area contributed by atoms with Crippen LogP contribution in [0.3, 0.4) is 0 Å². The van der Waals surface area contributed by atoms with Gasteiger partial charge in [0.25, 0.3) is 0 Å². The number of hydrogen-bond acceptors (Lipinski definition) is 8. The van der Waals surface area contributed by atoms with Crippen molar-refractivity contribution < 1.29 is 28.7 Å². The average molecular weight is 540 g/mol. The molecule has 4 amide bonds. The number of likely N-dealkylation sites (N-methyl/N-ethyl adjacent to an activating group) is 1. The fourth-order valence-corrected chi connectivity index (χ4v) is 3.80. The van der Waals surface area contributed by atoms with Gasteiger partial charge in [-0.25, -0.2) is 4.79 Å². The van der Waals surface area contributed by atoms with Gasteiger partial charge in [0.2, 0.25) is 17.7 Å². The number of carbonyl (C=O) groups is 4. The van der Waals surface area contributed by atoms with E-state index in [0.717, 1.165) is 10.5 Å². The normalized spacial score (nSPS) is 12.0. The molecule has 1 atom stereocenters. The Morgan fingerprint density at radius 2 is 1.77 bits per heavy atom. The molecule has 0 bridgehead atoms. The van der Waals surface area contributed by atoms with Crippen LogP contribution in [0.25, 0.3) is 5.65 Å². The molecule has 3 rings (SSSR count). The first-order valence-corrected chi connectivity index (χ1v) is 12.2. The van der Waals surface area contributed by atoms with Crippen LogP contribution in [0.2, 0.25) is 0 Å². The molecule has 1 aromatic carbocycles. The van der Waals surface area contributed by atoms with Crippen molar-refractivity contribution in [2.75, 3.05) is 20.2 Å². The predicted octanol–water partition coefficient (Wildman–Crippen LogP) is 1.07. The minimum absolute atomic E-state index is 0.0348. The first-order chi connectivity index (χ1) is 18.5. The van der Waals surface area contributed by atoms with Crippen LogP contribution in [0.1, 0.15) is 43.9 Å². The van der Waals surface area contributed by atoms with Gasteiger partial charge in [-0.1, -0.05) is 36.4 Å². The van der Waals surface area contributed by atoms with Crippen LogP contribution >= 0.6 is 0 Å². The standard InChI is InChI=1S/C26H33N7O6/c1-17(34)29-26(2,3)24(36)28-20(16-38-14-18-9-6-5-7-10-18)23-31-30-22-12-8-11-19(33(22)23)15-39-25(37)32(4)13-21(27)35/h5-12,20H,13-16H2,1-4H3,(H2,27,35)(H,28,36)(H,29,34)/t20-/m1/s1. The summed E-state index contributed by atoms with van der Waals surface area (Å²) in [4.78, 5) is 49.3. The molecule has 0 fully saturated rings. The van der Waals surface area contributed by atoms with E-state index in [9.17, 15) is 19.2 Å². The van der Waals surface area contributed by atoms with Gasteiger partial charge >= 0.3 is 6.09 Å².